The van der Waals surface area contributed by atoms with Crippen molar-refractivity contribution in [3.63, 3.8) is 0 Å². The quantitative estimate of drug-likeness (QED) is 0.860. The molecule has 0 radical (unpaired) electrons. The number of hydrogen-bond acceptors (Lipinski definition) is 3. The van der Waals surface area contributed by atoms with Gasteiger partial charge in [0.05, 0.1) is 0 Å². The second-order valence-electron chi connectivity index (χ2n) is 4.92. The van der Waals surface area contributed by atoms with Crippen LogP contribution in [0.4, 0.5) is 19.3 Å². The summed E-state index contributed by atoms with van der Waals surface area (Å²) in [5.41, 5.74) is 4.40. The molecule has 1 aliphatic rings. The first kappa shape index (κ1) is 15.0. The Kier molecular flexibility index (Phi) is 3.97. The van der Waals surface area contributed by atoms with Crippen molar-refractivity contribution >= 4 is 17.7 Å². The predicted molar refractivity (Wildman–Crippen MR) is 71.3 cm³/mol. The summed E-state index contributed by atoms with van der Waals surface area (Å²) in [6, 6.07) is 1.76. The van der Waals surface area contributed by atoms with E-state index < -0.39 is 29.2 Å². The standard InChI is InChI=1S/C13H15F2N3O3/c1-7-6-17(2-3-18(7)13(20)21)8-4-9(14)11(12(16)19)10(15)5-8/h4-5,7H,2-3,6H2,1H3,(H2,16,19)(H,20,21)/t7-/m1/s1. The molecule has 2 rings (SSSR count). The topological polar surface area (TPSA) is 86.9 Å². The third kappa shape index (κ3) is 2.88. The molecule has 0 saturated carbocycles. The lowest BCUT2D eigenvalue weighted by Crippen LogP contribution is -2.53. The van der Waals surface area contributed by atoms with Crippen LogP contribution < -0.4 is 10.6 Å². The maximum Gasteiger partial charge on any atom is 0.407 e. The Hall–Kier alpha value is -2.38. The summed E-state index contributed by atoms with van der Waals surface area (Å²) in [6.07, 6.45) is -1.02. The van der Waals surface area contributed by atoms with E-state index in [4.69, 9.17) is 10.8 Å². The number of nitrogens with two attached hydrogens (primary N) is 1. The van der Waals surface area contributed by atoms with Gasteiger partial charge in [-0.05, 0) is 19.1 Å². The van der Waals surface area contributed by atoms with Crippen LogP contribution in [0.2, 0.25) is 0 Å². The lowest BCUT2D eigenvalue weighted by atomic mass is 10.1. The normalized spacial score (nSPS) is 18.7. The number of primary amides is 1. The number of benzene rings is 1. The molecule has 1 saturated heterocycles. The van der Waals surface area contributed by atoms with Gasteiger partial charge in [-0.2, -0.15) is 0 Å². The van der Waals surface area contributed by atoms with Gasteiger partial charge in [-0.15, -0.1) is 0 Å². The van der Waals surface area contributed by atoms with Crippen LogP contribution >= 0.6 is 0 Å². The molecular formula is C13H15F2N3O3. The first-order chi connectivity index (χ1) is 9.81. The molecule has 1 aliphatic heterocycles. The van der Waals surface area contributed by atoms with Gasteiger partial charge in [0.15, 0.2) is 0 Å². The largest absolute Gasteiger partial charge is 0.465 e. The molecule has 21 heavy (non-hydrogen) atoms. The van der Waals surface area contributed by atoms with Crippen molar-refractivity contribution < 1.29 is 23.5 Å². The van der Waals surface area contributed by atoms with Crippen molar-refractivity contribution in [2.45, 2.75) is 13.0 Å². The molecule has 0 aromatic heterocycles. The van der Waals surface area contributed by atoms with E-state index in [2.05, 4.69) is 0 Å². The smallest absolute Gasteiger partial charge is 0.407 e. The first-order valence-electron chi connectivity index (χ1n) is 6.34. The molecule has 1 aromatic carbocycles. The van der Waals surface area contributed by atoms with Gasteiger partial charge in [0.2, 0.25) is 0 Å². The lowest BCUT2D eigenvalue weighted by Gasteiger charge is -2.39. The molecule has 114 valence electrons. The first-order valence-corrected chi connectivity index (χ1v) is 6.34. The fourth-order valence-corrected chi connectivity index (χ4v) is 2.45. The zero-order chi connectivity index (χ0) is 15.7. The van der Waals surface area contributed by atoms with Crippen molar-refractivity contribution in [1.82, 2.24) is 4.90 Å². The minimum absolute atomic E-state index is 0.233. The van der Waals surface area contributed by atoms with Gasteiger partial charge in [0.25, 0.3) is 5.91 Å². The van der Waals surface area contributed by atoms with E-state index in [0.717, 1.165) is 12.1 Å². The van der Waals surface area contributed by atoms with Gasteiger partial charge in [-0.1, -0.05) is 0 Å². The predicted octanol–water partition coefficient (Wildman–Crippen LogP) is 1.25. The highest BCUT2D eigenvalue weighted by molar-refractivity contribution is 5.93. The van der Waals surface area contributed by atoms with Gasteiger partial charge in [-0.3, -0.25) is 4.79 Å². The van der Waals surface area contributed by atoms with Gasteiger partial charge in [0, 0.05) is 31.4 Å². The molecule has 0 unspecified atom stereocenters. The molecule has 0 spiro atoms. The second-order valence-corrected chi connectivity index (χ2v) is 4.92. The summed E-state index contributed by atoms with van der Waals surface area (Å²) in [5, 5.41) is 8.99. The summed E-state index contributed by atoms with van der Waals surface area (Å²) < 4.78 is 27.5. The number of amides is 2. The number of carbonyl (C=O) groups is 2. The Morgan fingerprint density at radius 2 is 1.86 bits per heavy atom. The number of halogens is 2. The fourth-order valence-electron chi connectivity index (χ4n) is 2.45. The zero-order valence-corrected chi connectivity index (χ0v) is 11.3. The number of anilines is 1. The van der Waals surface area contributed by atoms with Crippen molar-refractivity contribution in [2.24, 2.45) is 5.73 Å². The number of carbonyl (C=O) groups excluding carboxylic acids is 1. The number of rotatable bonds is 2. The van der Waals surface area contributed by atoms with Crippen LogP contribution in [0.3, 0.4) is 0 Å². The fraction of sp³-hybridized carbons (Fsp3) is 0.385. The van der Waals surface area contributed by atoms with E-state index in [1.165, 1.54) is 4.90 Å². The van der Waals surface area contributed by atoms with E-state index in [9.17, 15) is 18.4 Å². The number of carboxylic acid groups (broad SMARTS) is 1. The van der Waals surface area contributed by atoms with E-state index in [1.807, 2.05) is 0 Å². The van der Waals surface area contributed by atoms with E-state index in [-0.39, 0.29) is 18.3 Å². The third-order valence-electron chi connectivity index (χ3n) is 3.51. The van der Waals surface area contributed by atoms with Crippen molar-refractivity contribution in [3.05, 3.63) is 29.3 Å². The molecule has 3 N–H and O–H groups in total. The van der Waals surface area contributed by atoms with E-state index in [1.54, 1.807) is 11.8 Å². The average Bonchev–Trinajstić information content (AvgIpc) is 2.36. The molecule has 2 amide bonds. The van der Waals surface area contributed by atoms with Gasteiger partial charge >= 0.3 is 6.09 Å². The van der Waals surface area contributed by atoms with E-state index >= 15 is 0 Å². The van der Waals surface area contributed by atoms with Gasteiger partial charge in [0.1, 0.15) is 17.2 Å². The van der Waals surface area contributed by atoms with Crippen LogP contribution in [0, 0.1) is 11.6 Å². The molecule has 8 heteroatoms. The molecule has 1 atom stereocenters. The van der Waals surface area contributed by atoms with Crippen LogP contribution in [-0.2, 0) is 0 Å². The Morgan fingerprint density at radius 1 is 1.29 bits per heavy atom. The maximum atomic E-state index is 13.7. The molecule has 1 fully saturated rings. The Bertz CT molecular complexity index is 571. The molecule has 0 bridgehead atoms. The highest BCUT2D eigenvalue weighted by Gasteiger charge is 2.28. The molecule has 1 heterocycles. The molecular weight excluding hydrogens is 284 g/mol. The van der Waals surface area contributed by atoms with Crippen LogP contribution in [0.1, 0.15) is 17.3 Å². The Balaban J connectivity index is 2.25. The molecule has 0 aliphatic carbocycles. The summed E-state index contributed by atoms with van der Waals surface area (Å²) in [7, 11) is 0. The number of nitrogens with zero attached hydrogens (tertiary/aromatic N) is 2. The molecule has 1 aromatic rings. The van der Waals surface area contributed by atoms with Gasteiger partial charge in [-0.25, -0.2) is 13.6 Å². The van der Waals surface area contributed by atoms with Crippen molar-refractivity contribution in [3.8, 4) is 0 Å². The summed E-state index contributed by atoms with van der Waals surface area (Å²) in [5.74, 6) is -3.21. The second kappa shape index (κ2) is 5.55. The highest BCUT2D eigenvalue weighted by atomic mass is 19.1. The number of piperazine rings is 1. The van der Waals surface area contributed by atoms with Crippen molar-refractivity contribution in [2.75, 3.05) is 24.5 Å². The van der Waals surface area contributed by atoms with Crippen LogP contribution in [0.25, 0.3) is 0 Å². The lowest BCUT2D eigenvalue weighted by molar-refractivity contribution is 0.0991. The zero-order valence-electron chi connectivity index (χ0n) is 11.3. The third-order valence-corrected chi connectivity index (χ3v) is 3.51. The summed E-state index contributed by atoms with van der Waals surface area (Å²) in [4.78, 5) is 24.9. The maximum absolute atomic E-state index is 13.7. The van der Waals surface area contributed by atoms with Crippen LogP contribution in [0.15, 0.2) is 12.1 Å². The van der Waals surface area contributed by atoms with Crippen LogP contribution in [0.5, 0.6) is 0 Å². The van der Waals surface area contributed by atoms with Gasteiger partial charge < -0.3 is 20.6 Å². The Labute approximate surface area is 119 Å². The van der Waals surface area contributed by atoms with E-state index in [0.29, 0.717) is 13.1 Å². The minimum atomic E-state index is -1.17. The summed E-state index contributed by atoms with van der Waals surface area (Å²) >= 11 is 0. The molecule has 6 nitrogen and oxygen atoms in total. The number of hydrogen-bond donors (Lipinski definition) is 2. The van der Waals surface area contributed by atoms with Crippen molar-refractivity contribution in [1.29, 1.82) is 0 Å². The Morgan fingerprint density at radius 3 is 2.29 bits per heavy atom. The van der Waals surface area contributed by atoms with Crippen LogP contribution in [-0.4, -0.2) is 47.7 Å². The average molecular weight is 299 g/mol. The minimum Gasteiger partial charge on any atom is -0.465 e. The SMILES string of the molecule is C[C@@H]1CN(c2cc(F)c(C(N)=O)c(F)c2)CCN1C(=O)O. The monoisotopic (exact) mass is 299 g/mol. The highest BCUT2D eigenvalue weighted by Crippen LogP contribution is 2.24. The summed E-state index contributed by atoms with van der Waals surface area (Å²) in [6.45, 7) is 2.56.